The third-order valence-corrected chi connectivity index (χ3v) is 7.60. The van der Waals surface area contributed by atoms with Crippen LogP contribution in [0.3, 0.4) is 0 Å². The molecule has 30 heavy (non-hydrogen) atoms. The Morgan fingerprint density at radius 2 is 1.67 bits per heavy atom. The summed E-state index contributed by atoms with van der Waals surface area (Å²) in [5.74, 6) is 0.115. The van der Waals surface area contributed by atoms with Crippen LogP contribution >= 0.6 is 0 Å². The van der Waals surface area contributed by atoms with Gasteiger partial charge in [-0.3, -0.25) is 4.90 Å². The monoisotopic (exact) mass is 399 g/mol. The average Bonchev–Trinajstić information content (AvgIpc) is 2.93. The maximum absolute atomic E-state index is 13.9. The van der Waals surface area contributed by atoms with Crippen LogP contribution in [0.4, 0.5) is 4.39 Å². The number of hydrogen-bond donors (Lipinski definition) is 1. The Hall–Kier alpha value is -2.49. The van der Waals surface area contributed by atoms with E-state index in [9.17, 15) is 9.50 Å². The first-order chi connectivity index (χ1) is 14.6. The van der Waals surface area contributed by atoms with Crippen molar-refractivity contribution in [2.75, 3.05) is 13.1 Å². The standard InChI is InChI=1S/C27H26FNO/c28-21-8-4-7-20(15-21)27(30)13-14-29-17-24-22-9-2-1-5-18(22)11-12-19-6-3-10-23(26(19)24)25(29)16-27/h1-10,15,24-25,30H,11-14,16-17H2/t24-,25-,27-/m1/s1. The molecule has 1 fully saturated rings. The fraction of sp³-hybridized carbons (Fsp3) is 0.333. The third kappa shape index (κ3) is 2.76. The summed E-state index contributed by atoms with van der Waals surface area (Å²) in [5.41, 5.74) is 6.94. The van der Waals surface area contributed by atoms with Gasteiger partial charge in [-0.05, 0) is 64.8 Å². The minimum Gasteiger partial charge on any atom is -0.385 e. The van der Waals surface area contributed by atoms with Crippen molar-refractivity contribution in [2.45, 2.75) is 43.2 Å². The van der Waals surface area contributed by atoms with E-state index in [1.165, 1.54) is 39.9 Å². The van der Waals surface area contributed by atoms with Crippen LogP contribution in [0.5, 0.6) is 0 Å². The predicted molar refractivity (Wildman–Crippen MR) is 116 cm³/mol. The van der Waals surface area contributed by atoms with E-state index in [0.717, 1.165) is 25.9 Å². The van der Waals surface area contributed by atoms with E-state index < -0.39 is 5.60 Å². The van der Waals surface area contributed by atoms with Crippen LogP contribution in [-0.2, 0) is 18.4 Å². The summed E-state index contributed by atoms with van der Waals surface area (Å²) in [6.07, 6.45) is 3.40. The first kappa shape index (κ1) is 18.3. The Kier molecular flexibility index (Phi) is 4.12. The molecule has 0 radical (unpaired) electrons. The van der Waals surface area contributed by atoms with E-state index in [1.54, 1.807) is 6.07 Å². The summed E-state index contributed by atoms with van der Waals surface area (Å²) < 4.78 is 13.9. The fourth-order valence-corrected chi connectivity index (χ4v) is 6.12. The molecule has 0 saturated carbocycles. The second-order valence-electron chi connectivity index (χ2n) is 9.18. The molecule has 2 heterocycles. The molecular formula is C27H26FNO. The van der Waals surface area contributed by atoms with Crippen molar-refractivity contribution < 1.29 is 9.50 Å². The number of aryl methyl sites for hydroxylation is 2. The molecule has 1 aliphatic carbocycles. The van der Waals surface area contributed by atoms with Crippen LogP contribution in [0.2, 0.25) is 0 Å². The van der Waals surface area contributed by atoms with Crippen LogP contribution in [0.15, 0.2) is 66.7 Å². The van der Waals surface area contributed by atoms with Gasteiger partial charge in [0.25, 0.3) is 0 Å². The lowest BCUT2D eigenvalue weighted by Gasteiger charge is -2.49. The first-order valence-corrected chi connectivity index (χ1v) is 11.0. The maximum Gasteiger partial charge on any atom is 0.123 e. The van der Waals surface area contributed by atoms with Crippen LogP contribution < -0.4 is 0 Å². The SMILES string of the molecule is O[C@]1(c2cccc(F)c2)CCN2C[C@@H]3c4ccccc4CCc4cccc(c43)[C@H]2C1. The number of piperidine rings is 1. The Labute approximate surface area is 177 Å². The molecule has 3 aliphatic rings. The van der Waals surface area contributed by atoms with Gasteiger partial charge in [-0.15, -0.1) is 0 Å². The van der Waals surface area contributed by atoms with Gasteiger partial charge in [-0.1, -0.05) is 54.6 Å². The van der Waals surface area contributed by atoms with Gasteiger partial charge < -0.3 is 5.11 Å². The second-order valence-corrected chi connectivity index (χ2v) is 9.18. The predicted octanol–water partition coefficient (Wildman–Crippen LogP) is 5.09. The van der Waals surface area contributed by atoms with Gasteiger partial charge in [0.15, 0.2) is 0 Å². The van der Waals surface area contributed by atoms with Gasteiger partial charge in [0.1, 0.15) is 5.82 Å². The number of benzene rings is 3. The van der Waals surface area contributed by atoms with E-state index in [1.807, 2.05) is 6.07 Å². The van der Waals surface area contributed by atoms with Gasteiger partial charge in [-0.25, -0.2) is 4.39 Å². The van der Waals surface area contributed by atoms with E-state index in [2.05, 4.69) is 47.4 Å². The minimum absolute atomic E-state index is 0.170. The third-order valence-electron chi connectivity index (χ3n) is 7.60. The van der Waals surface area contributed by atoms with E-state index in [0.29, 0.717) is 24.3 Å². The first-order valence-electron chi connectivity index (χ1n) is 11.0. The molecule has 3 aromatic rings. The Morgan fingerprint density at radius 1 is 0.900 bits per heavy atom. The normalized spacial score (nSPS) is 27.5. The summed E-state index contributed by atoms with van der Waals surface area (Å²) >= 11 is 0. The quantitative estimate of drug-likeness (QED) is 0.616. The van der Waals surface area contributed by atoms with Gasteiger partial charge in [-0.2, -0.15) is 0 Å². The van der Waals surface area contributed by atoms with Gasteiger partial charge in [0.2, 0.25) is 0 Å². The Bertz CT molecular complexity index is 1130. The molecule has 0 spiro atoms. The van der Waals surface area contributed by atoms with Crippen LogP contribution in [0, 0.1) is 5.82 Å². The molecule has 152 valence electrons. The molecule has 2 nitrogen and oxygen atoms in total. The lowest BCUT2D eigenvalue weighted by Crippen LogP contribution is -2.48. The van der Waals surface area contributed by atoms with Crippen molar-refractivity contribution in [3.8, 4) is 0 Å². The van der Waals surface area contributed by atoms with Crippen molar-refractivity contribution in [3.05, 3.63) is 106 Å². The molecule has 1 saturated heterocycles. The fourth-order valence-electron chi connectivity index (χ4n) is 6.12. The Balaban J connectivity index is 1.45. The molecule has 1 N–H and O–H groups in total. The Morgan fingerprint density at radius 3 is 2.57 bits per heavy atom. The van der Waals surface area contributed by atoms with Crippen molar-refractivity contribution in [2.24, 2.45) is 0 Å². The highest BCUT2D eigenvalue weighted by atomic mass is 19.1. The van der Waals surface area contributed by atoms with E-state index >= 15 is 0 Å². The average molecular weight is 400 g/mol. The van der Waals surface area contributed by atoms with Gasteiger partial charge >= 0.3 is 0 Å². The molecule has 0 aromatic heterocycles. The van der Waals surface area contributed by atoms with Gasteiger partial charge in [0, 0.05) is 31.5 Å². The van der Waals surface area contributed by atoms with E-state index in [-0.39, 0.29) is 11.9 Å². The zero-order valence-electron chi connectivity index (χ0n) is 17.0. The number of rotatable bonds is 1. The van der Waals surface area contributed by atoms with Crippen LogP contribution in [0.25, 0.3) is 0 Å². The largest absolute Gasteiger partial charge is 0.385 e. The lowest BCUT2D eigenvalue weighted by molar-refractivity contribution is -0.0573. The molecule has 3 heteroatoms. The molecule has 0 bridgehead atoms. The lowest BCUT2D eigenvalue weighted by atomic mass is 9.72. The van der Waals surface area contributed by atoms with Crippen molar-refractivity contribution in [3.63, 3.8) is 0 Å². The number of aliphatic hydroxyl groups is 1. The highest BCUT2D eigenvalue weighted by Crippen LogP contribution is 2.50. The molecule has 3 aromatic carbocycles. The minimum atomic E-state index is -0.985. The maximum atomic E-state index is 13.9. The molecule has 2 aliphatic heterocycles. The summed E-state index contributed by atoms with van der Waals surface area (Å²) in [5, 5.41) is 11.6. The number of halogens is 1. The number of fused-ring (bicyclic) bond motifs is 4. The molecule has 3 atom stereocenters. The smallest absolute Gasteiger partial charge is 0.123 e. The van der Waals surface area contributed by atoms with E-state index in [4.69, 9.17) is 0 Å². The zero-order valence-corrected chi connectivity index (χ0v) is 17.0. The van der Waals surface area contributed by atoms with Crippen molar-refractivity contribution >= 4 is 0 Å². The molecular weight excluding hydrogens is 373 g/mol. The second kappa shape index (κ2) is 6.76. The molecule has 6 rings (SSSR count). The van der Waals surface area contributed by atoms with Gasteiger partial charge in [0.05, 0.1) is 5.60 Å². The number of hydrogen-bond acceptors (Lipinski definition) is 2. The topological polar surface area (TPSA) is 23.5 Å². The van der Waals surface area contributed by atoms with Crippen LogP contribution in [0.1, 0.15) is 58.2 Å². The number of nitrogens with zero attached hydrogens (tertiary/aromatic N) is 1. The molecule has 0 amide bonds. The van der Waals surface area contributed by atoms with Crippen molar-refractivity contribution in [1.29, 1.82) is 0 Å². The highest BCUT2D eigenvalue weighted by molar-refractivity contribution is 5.51. The zero-order chi connectivity index (χ0) is 20.3. The van der Waals surface area contributed by atoms with Crippen molar-refractivity contribution in [1.82, 2.24) is 4.90 Å². The summed E-state index contributed by atoms with van der Waals surface area (Å²) in [7, 11) is 0. The summed E-state index contributed by atoms with van der Waals surface area (Å²) in [4.78, 5) is 2.55. The highest BCUT2D eigenvalue weighted by Gasteiger charge is 2.45. The van der Waals surface area contributed by atoms with Crippen LogP contribution in [-0.4, -0.2) is 23.1 Å². The summed E-state index contributed by atoms with van der Waals surface area (Å²) in [6.45, 7) is 1.81. The summed E-state index contributed by atoms with van der Waals surface area (Å²) in [6, 6.07) is 22.3. The molecule has 0 unspecified atom stereocenters.